The van der Waals surface area contributed by atoms with Crippen LogP contribution in [0.25, 0.3) is 0 Å². The van der Waals surface area contributed by atoms with Gasteiger partial charge in [-0.05, 0) is 6.42 Å². The van der Waals surface area contributed by atoms with Crippen molar-refractivity contribution in [3.63, 3.8) is 0 Å². The van der Waals surface area contributed by atoms with E-state index < -0.39 is 12.0 Å². The average Bonchev–Trinajstić information content (AvgIpc) is 2.52. The number of carboxylic acids is 1. The lowest BCUT2D eigenvalue weighted by atomic mass is 10.1. The van der Waals surface area contributed by atoms with Gasteiger partial charge in [0.15, 0.2) is 0 Å². The largest absolute Gasteiger partial charge is 0.480 e. The predicted molar refractivity (Wildman–Crippen MR) is 51.3 cm³/mol. The first kappa shape index (κ1) is 10.6. The molecular formula is C9H14N2O3. The van der Waals surface area contributed by atoms with Crippen LogP contribution in [0.3, 0.4) is 0 Å². The van der Waals surface area contributed by atoms with Gasteiger partial charge in [-0.15, -0.1) is 0 Å². The minimum atomic E-state index is -0.958. The van der Waals surface area contributed by atoms with Crippen LogP contribution in [0.1, 0.15) is 32.2 Å². The molecule has 0 aromatic carbocycles. The summed E-state index contributed by atoms with van der Waals surface area (Å²) >= 11 is 0. The van der Waals surface area contributed by atoms with Crippen molar-refractivity contribution in [3.05, 3.63) is 22.9 Å². The fourth-order valence-corrected chi connectivity index (χ4v) is 1.36. The number of nitrogens with zero attached hydrogens (tertiary/aromatic N) is 1. The molecule has 0 amide bonds. The van der Waals surface area contributed by atoms with Crippen molar-refractivity contribution in [2.45, 2.75) is 32.2 Å². The van der Waals surface area contributed by atoms with Crippen molar-refractivity contribution in [1.29, 1.82) is 0 Å². The Morgan fingerprint density at radius 1 is 1.71 bits per heavy atom. The molecule has 78 valence electrons. The normalized spacial score (nSPS) is 12.6. The quantitative estimate of drug-likeness (QED) is 0.740. The number of H-pyrrole nitrogens is 1. The zero-order valence-corrected chi connectivity index (χ0v) is 8.06. The number of rotatable bonds is 5. The minimum absolute atomic E-state index is 0.367. The highest BCUT2D eigenvalue weighted by Crippen LogP contribution is 2.12. The van der Waals surface area contributed by atoms with Crippen molar-refractivity contribution in [1.82, 2.24) is 9.55 Å². The van der Waals surface area contributed by atoms with Gasteiger partial charge in [0.25, 0.3) is 0 Å². The summed E-state index contributed by atoms with van der Waals surface area (Å²) in [6, 6.07) is -0.742. The summed E-state index contributed by atoms with van der Waals surface area (Å²) in [5.74, 6) is -0.958. The molecule has 0 aliphatic heterocycles. The standard InChI is InChI=1S/C9H14N2O3/c1-2-3-4-7(8(12)13)11-6-5-10-9(11)14/h5-7H,2-4H2,1H3,(H,10,14)(H,12,13). The third kappa shape index (κ3) is 2.25. The van der Waals surface area contributed by atoms with E-state index in [0.29, 0.717) is 6.42 Å². The lowest BCUT2D eigenvalue weighted by molar-refractivity contribution is -0.141. The van der Waals surface area contributed by atoms with Crippen LogP contribution in [0.15, 0.2) is 17.2 Å². The maximum absolute atomic E-state index is 11.2. The molecule has 5 nitrogen and oxygen atoms in total. The van der Waals surface area contributed by atoms with E-state index in [4.69, 9.17) is 5.11 Å². The zero-order chi connectivity index (χ0) is 10.6. The fraction of sp³-hybridized carbons (Fsp3) is 0.556. The van der Waals surface area contributed by atoms with E-state index in [0.717, 1.165) is 12.8 Å². The van der Waals surface area contributed by atoms with Gasteiger partial charge in [-0.1, -0.05) is 19.8 Å². The number of imidazole rings is 1. The van der Waals surface area contributed by atoms with Gasteiger partial charge in [0, 0.05) is 12.4 Å². The minimum Gasteiger partial charge on any atom is -0.480 e. The van der Waals surface area contributed by atoms with Crippen molar-refractivity contribution in [2.75, 3.05) is 0 Å². The highest BCUT2D eigenvalue weighted by molar-refractivity contribution is 5.71. The second kappa shape index (κ2) is 4.64. The molecule has 5 heteroatoms. The Labute approximate surface area is 81.4 Å². The molecule has 1 atom stereocenters. The van der Waals surface area contributed by atoms with E-state index in [1.807, 2.05) is 6.92 Å². The van der Waals surface area contributed by atoms with E-state index in [9.17, 15) is 9.59 Å². The number of carboxylic acid groups (broad SMARTS) is 1. The maximum Gasteiger partial charge on any atom is 0.326 e. The summed E-state index contributed by atoms with van der Waals surface area (Å²) < 4.78 is 1.22. The van der Waals surface area contributed by atoms with E-state index in [1.54, 1.807) is 0 Å². The molecule has 1 heterocycles. The zero-order valence-electron chi connectivity index (χ0n) is 8.06. The molecule has 1 unspecified atom stereocenters. The van der Waals surface area contributed by atoms with Crippen LogP contribution in [0.5, 0.6) is 0 Å². The summed E-state index contributed by atoms with van der Waals surface area (Å²) in [6.07, 6.45) is 5.13. The Bertz CT molecular complexity index is 353. The molecule has 1 rings (SSSR count). The molecule has 14 heavy (non-hydrogen) atoms. The number of hydrogen-bond donors (Lipinski definition) is 2. The van der Waals surface area contributed by atoms with Crippen molar-refractivity contribution < 1.29 is 9.90 Å². The first-order valence-corrected chi connectivity index (χ1v) is 4.65. The second-order valence-corrected chi connectivity index (χ2v) is 3.17. The SMILES string of the molecule is CCCCC(C(=O)O)n1cc[nH]c1=O. The Morgan fingerprint density at radius 3 is 2.86 bits per heavy atom. The number of aliphatic carboxylic acids is 1. The van der Waals surface area contributed by atoms with Gasteiger partial charge >= 0.3 is 11.7 Å². The first-order valence-electron chi connectivity index (χ1n) is 4.65. The maximum atomic E-state index is 11.2. The number of aromatic nitrogens is 2. The van der Waals surface area contributed by atoms with Gasteiger partial charge in [0.05, 0.1) is 0 Å². The van der Waals surface area contributed by atoms with Gasteiger partial charge in [0.2, 0.25) is 0 Å². The molecule has 0 aliphatic rings. The van der Waals surface area contributed by atoms with Crippen LogP contribution in [-0.2, 0) is 4.79 Å². The number of unbranched alkanes of at least 4 members (excludes halogenated alkanes) is 1. The average molecular weight is 198 g/mol. The van der Waals surface area contributed by atoms with E-state index >= 15 is 0 Å². The van der Waals surface area contributed by atoms with Crippen molar-refractivity contribution in [3.8, 4) is 0 Å². The van der Waals surface area contributed by atoms with Crippen LogP contribution in [0, 0.1) is 0 Å². The van der Waals surface area contributed by atoms with Gasteiger partial charge in [0.1, 0.15) is 6.04 Å². The monoisotopic (exact) mass is 198 g/mol. The molecule has 0 fully saturated rings. The predicted octanol–water partition coefficient (Wildman–Crippen LogP) is 0.992. The summed E-state index contributed by atoms with van der Waals surface area (Å²) in [7, 11) is 0. The van der Waals surface area contributed by atoms with E-state index in [1.165, 1.54) is 17.0 Å². The third-order valence-corrected chi connectivity index (χ3v) is 2.13. The first-order chi connectivity index (χ1) is 6.66. The van der Waals surface area contributed by atoms with Gasteiger partial charge in [-0.25, -0.2) is 9.59 Å². The van der Waals surface area contributed by atoms with Crippen molar-refractivity contribution in [2.24, 2.45) is 0 Å². The van der Waals surface area contributed by atoms with Gasteiger partial charge in [-0.2, -0.15) is 0 Å². The van der Waals surface area contributed by atoms with Crippen LogP contribution in [0.4, 0.5) is 0 Å². The number of nitrogens with one attached hydrogen (secondary N) is 1. The lowest BCUT2D eigenvalue weighted by Crippen LogP contribution is -2.27. The van der Waals surface area contributed by atoms with Crippen LogP contribution in [-0.4, -0.2) is 20.6 Å². The molecule has 0 radical (unpaired) electrons. The molecule has 2 N–H and O–H groups in total. The summed E-state index contributed by atoms with van der Waals surface area (Å²) in [4.78, 5) is 24.5. The van der Waals surface area contributed by atoms with Crippen LogP contribution in [0.2, 0.25) is 0 Å². The Hall–Kier alpha value is -1.52. The van der Waals surface area contributed by atoms with Crippen molar-refractivity contribution >= 4 is 5.97 Å². The van der Waals surface area contributed by atoms with E-state index in [2.05, 4.69) is 4.98 Å². The topological polar surface area (TPSA) is 75.1 Å². The molecule has 1 aromatic rings. The van der Waals surface area contributed by atoms with Crippen LogP contribution < -0.4 is 5.69 Å². The molecular weight excluding hydrogens is 184 g/mol. The second-order valence-electron chi connectivity index (χ2n) is 3.17. The highest BCUT2D eigenvalue weighted by Gasteiger charge is 2.19. The number of hydrogen-bond acceptors (Lipinski definition) is 2. The lowest BCUT2D eigenvalue weighted by Gasteiger charge is -2.11. The molecule has 1 aromatic heterocycles. The molecule has 0 saturated heterocycles. The summed E-state index contributed by atoms with van der Waals surface area (Å²) in [6.45, 7) is 1.98. The Balaban J connectivity index is 2.83. The third-order valence-electron chi connectivity index (χ3n) is 2.13. The molecule has 0 bridgehead atoms. The summed E-state index contributed by atoms with van der Waals surface area (Å²) in [5.41, 5.74) is -0.367. The molecule has 0 saturated carbocycles. The smallest absolute Gasteiger partial charge is 0.326 e. The molecule has 0 aliphatic carbocycles. The number of aromatic amines is 1. The van der Waals surface area contributed by atoms with Crippen LogP contribution >= 0.6 is 0 Å². The molecule has 0 spiro atoms. The highest BCUT2D eigenvalue weighted by atomic mass is 16.4. The Morgan fingerprint density at radius 2 is 2.43 bits per heavy atom. The Kier molecular flexibility index (Phi) is 3.50. The fourth-order valence-electron chi connectivity index (χ4n) is 1.36. The van der Waals surface area contributed by atoms with Gasteiger partial charge < -0.3 is 10.1 Å². The van der Waals surface area contributed by atoms with E-state index in [-0.39, 0.29) is 5.69 Å². The summed E-state index contributed by atoms with van der Waals surface area (Å²) in [5, 5.41) is 8.92. The number of carbonyl (C=O) groups is 1. The van der Waals surface area contributed by atoms with Gasteiger partial charge in [-0.3, -0.25) is 4.57 Å².